The quantitative estimate of drug-likeness (QED) is 0.675. The molecule has 2 nitrogen and oxygen atoms in total. The van der Waals surface area contributed by atoms with Gasteiger partial charge in [-0.2, -0.15) is 0 Å². The van der Waals surface area contributed by atoms with Crippen LogP contribution in [0.5, 0.6) is 0 Å². The largest absolute Gasteiger partial charge is 0.399 e. The summed E-state index contributed by atoms with van der Waals surface area (Å²) in [6, 6.07) is 9.60. The molecule has 0 bridgehead atoms. The van der Waals surface area contributed by atoms with Crippen LogP contribution in [-0.2, 0) is 5.75 Å². The number of rotatable bonds is 3. The third-order valence-electron chi connectivity index (χ3n) is 2.37. The molecule has 2 N–H and O–H groups in total. The molecule has 0 saturated carbocycles. The number of hydrogen-bond donors (Lipinski definition) is 1. The van der Waals surface area contributed by atoms with Gasteiger partial charge in [0.15, 0.2) is 0 Å². The number of benzene rings is 1. The standard InChI is InChI=1S/C13H13ClN2S/c1-9-2-3-11(15)7-13(9)17-8-12-6-10(14)4-5-16-12/h2-7H,8,15H2,1H3. The van der Waals surface area contributed by atoms with Crippen LogP contribution in [0.2, 0.25) is 5.02 Å². The Bertz CT molecular complexity index is 529. The van der Waals surface area contributed by atoms with Crippen LogP contribution < -0.4 is 5.73 Å². The molecule has 0 unspecified atom stereocenters. The zero-order chi connectivity index (χ0) is 12.3. The number of aryl methyl sites for hydroxylation is 1. The van der Waals surface area contributed by atoms with Gasteiger partial charge in [0.05, 0.1) is 5.69 Å². The van der Waals surface area contributed by atoms with E-state index >= 15 is 0 Å². The van der Waals surface area contributed by atoms with E-state index < -0.39 is 0 Å². The molecule has 0 aliphatic carbocycles. The molecule has 1 aromatic carbocycles. The van der Waals surface area contributed by atoms with Gasteiger partial charge in [-0.1, -0.05) is 17.7 Å². The monoisotopic (exact) mass is 264 g/mol. The summed E-state index contributed by atoms with van der Waals surface area (Å²) in [4.78, 5) is 5.46. The van der Waals surface area contributed by atoms with Gasteiger partial charge >= 0.3 is 0 Å². The van der Waals surface area contributed by atoms with Gasteiger partial charge in [-0.15, -0.1) is 11.8 Å². The predicted molar refractivity (Wildman–Crippen MR) is 74.4 cm³/mol. The van der Waals surface area contributed by atoms with E-state index in [2.05, 4.69) is 11.9 Å². The second-order valence-corrected chi connectivity index (χ2v) is 5.23. The minimum Gasteiger partial charge on any atom is -0.399 e. The van der Waals surface area contributed by atoms with Gasteiger partial charge in [-0.05, 0) is 36.8 Å². The van der Waals surface area contributed by atoms with E-state index in [1.807, 2.05) is 24.3 Å². The van der Waals surface area contributed by atoms with E-state index in [9.17, 15) is 0 Å². The van der Waals surface area contributed by atoms with Crippen LogP contribution >= 0.6 is 23.4 Å². The van der Waals surface area contributed by atoms with Crippen LogP contribution in [0.1, 0.15) is 11.3 Å². The Kier molecular flexibility index (Phi) is 3.92. The average molecular weight is 265 g/mol. The molecule has 2 aromatic rings. The van der Waals surface area contributed by atoms with E-state index in [1.54, 1.807) is 24.0 Å². The van der Waals surface area contributed by atoms with E-state index in [1.165, 1.54) is 10.5 Å². The summed E-state index contributed by atoms with van der Waals surface area (Å²) in [5, 5.41) is 0.722. The van der Waals surface area contributed by atoms with E-state index in [0.29, 0.717) is 0 Å². The Hall–Kier alpha value is -1.19. The van der Waals surface area contributed by atoms with Crippen LogP contribution in [0, 0.1) is 6.92 Å². The summed E-state index contributed by atoms with van der Waals surface area (Å²) in [6.07, 6.45) is 1.73. The second kappa shape index (κ2) is 5.43. The number of thioether (sulfide) groups is 1. The van der Waals surface area contributed by atoms with Crippen LogP contribution in [-0.4, -0.2) is 4.98 Å². The molecule has 4 heteroatoms. The highest BCUT2D eigenvalue weighted by Gasteiger charge is 2.02. The van der Waals surface area contributed by atoms with Gasteiger partial charge in [0, 0.05) is 27.6 Å². The summed E-state index contributed by atoms with van der Waals surface area (Å²) < 4.78 is 0. The summed E-state index contributed by atoms with van der Waals surface area (Å²) >= 11 is 7.64. The van der Waals surface area contributed by atoms with Gasteiger partial charge in [-0.3, -0.25) is 4.98 Å². The smallest absolute Gasteiger partial charge is 0.0521 e. The van der Waals surface area contributed by atoms with Crippen molar-refractivity contribution in [1.82, 2.24) is 4.98 Å². The van der Waals surface area contributed by atoms with Gasteiger partial charge < -0.3 is 5.73 Å². The SMILES string of the molecule is Cc1ccc(N)cc1SCc1cc(Cl)ccn1. The van der Waals surface area contributed by atoms with Crippen molar-refractivity contribution >= 4 is 29.1 Å². The van der Waals surface area contributed by atoms with Crippen LogP contribution in [0.3, 0.4) is 0 Å². The molecule has 2 rings (SSSR count). The predicted octanol–water partition coefficient (Wildman–Crippen LogP) is 3.92. The molecule has 0 spiro atoms. The highest BCUT2D eigenvalue weighted by molar-refractivity contribution is 7.98. The molecule has 0 saturated heterocycles. The lowest BCUT2D eigenvalue weighted by atomic mass is 10.2. The van der Waals surface area contributed by atoms with Crippen molar-refractivity contribution in [3.05, 3.63) is 52.8 Å². The molecule has 0 aliphatic rings. The number of halogens is 1. The zero-order valence-corrected chi connectivity index (χ0v) is 11.1. The van der Waals surface area contributed by atoms with Crippen LogP contribution in [0.4, 0.5) is 5.69 Å². The number of aromatic nitrogens is 1. The highest BCUT2D eigenvalue weighted by Crippen LogP contribution is 2.27. The minimum absolute atomic E-state index is 0.722. The maximum atomic E-state index is 5.91. The molecule has 88 valence electrons. The first-order chi connectivity index (χ1) is 8.15. The summed E-state index contributed by atoms with van der Waals surface area (Å²) in [5.74, 6) is 0.796. The molecule has 0 aliphatic heterocycles. The molecule has 0 fully saturated rings. The third kappa shape index (κ3) is 3.38. The Labute approximate surface area is 110 Å². The maximum absolute atomic E-state index is 5.91. The number of hydrogen-bond acceptors (Lipinski definition) is 3. The van der Waals surface area contributed by atoms with Crippen LogP contribution in [0.25, 0.3) is 0 Å². The van der Waals surface area contributed by atoms with E-state index in [4.69, 9.17) is 17.3 Å². The van der Waals surface area contributed by atoms with E-state index in [0.717, 1.165) is 22.2 Å². The minimum atomic E-state index is 0.722. The number of nitrogen functional groups attached to an aromatic ring is 1. The molecule has 1 aromatic heterocycles. The van der Waals surface area contributed by atoms with Gasteiger partial charge in [-0.25, -0.2) is 0 Å². The van der Waals surface area contributed by atoms with Crippen molar-refractivity contribution in [2.24, 2.45) is 0 Å². The Morgan fingerprint density at radius 1 is 1.29 bits per heavy atom. The van der Waals surface area contributed by atoms with Crippen LogP contribution in [0.15, 0.2) is 41.4 Å². The van der Waals surface area contributed by atoms with Gasteiger partial charge in [0.25, 0.3) is 0 Å². The van der Waals surface area contributed by atoms with Crippen molar-refractivity contribution in [3.63, 3.8) is 0 Å². The van der Waals surface area contributed by atoms with Crippen molar-refractivity contribution in [2.45, 2.75) is 17.6 Å². The number of nitrogens with two attached hydrogens (primary N) is 1. The topological polar surface area (TPSA) is 38.9 Å². The second-order valence-electron chi connectivity index (χ2n) is 3.78. The molecule has 0 amide bonds. The fraction of sp³-hybridized carbons (Fsp3) is 0.154. The highest BCUT2D eigenvalue weighted by atomic mass is 35.5. The first kappa shape index (κ1) is 12.3. The molecule has 0 radical (unpaired) electrons. The molecular weight excluding hydrogens is 252 g/mol. The number of pyridine rings is 1. The van der Waals surface area contributed by atoms with Crippen molar-refractivity contribution in [3.8, 4) is 0 Å². The molecule has 1 heterocycles. The normalized spacial score (nSPS) is 10.5. The van der Waals surface area contributed by atoms with Crippen molar-refractivity contribution in [2.75, 3.05) is 5.73 Å². The first-order valence-corrected chi connectivity index (χ1v) is 6.61. The molecule has 17 heavy (non-hydrogen) atoms. The average Bonchev–Trinajstić information content (AvgIpc) is 2.30. The lowest BCUT2D eigenvalue weighted by Crippen LogP contribution is -1.89. The third-order valence-corrected chi connectivity index (χ3v) is 3.79. The van der Waals surface area contributed by atoms with E-state index in [-0.39, 0.29) is 0 Å². The Balaban J connectivity index is 2.09. The lowest BCUT2D eigenvalue weighted by molar-refractivity contribution is 1.17. The Morgan fingerprint density at radius 3 is 2.88 bits per heavy atom. The maximum Gasteiger partial charge on any atom is 0.0521 e. The summed E-state index contributed by atoms with van der Waals surface area (Å²) in [5.41, 5.74) is 8.76. The first-order valence-electron chi connectivity index (χ1n) is 5.24. The molecular formula is C13H13ClN2S. The van der Waals surface area contributed by atoms with Gasteiger partial charge in [0.1, 0.15) is 0 Å². The molecule has 0 atom stereocenters. The lowest BCUT2D eigenvalue weighted by Gasteiger charge is -2.06. The van der Waals surface area contributed by atoms with Gasteiger partial charge in [0.2, 0.25) is 0 Å². The fourth-order valence-electron chi connectivity index (χ4n) is 1.45. The fourth-order valence-corrected chi connectivity index (χ4v) is 2.61. The van der Waals surface area contributed by atoms with Crippen molar-refractivity contribution < 1.29 is 0 Å². The Morgan fingerprint density at radius 2 is 2.12 bits per heavy atom. The summed E-state index contributed by atoms with van der Waals surface area (Å²) in [6.45, 7) is 2.08. The zero-order valence-electron chi connectivity index (χ0n) is 9.48. The summed E-state index contributed by atoms with van der Waals surface area (Å²) in [7, 11) is 0. The van der Waals surface area contributed by atoms with Crippen molar-refractivity contribution in [1.29, 1.82) is 0 Å². The number of nitrogens with zero attached hydrogens (tertiary/aromatic N) is 1. The number of anilines is 1.